The topological polar surface area (TPSA) is 66.5 Å². The highest BCUT2D eigenvalue weighted by Gasteiger charge is 2.67. The SMILES string of the molecule is Cc1ccc(C(=O)NN2C(=O)[C@@H]3[C@H]4C=C[C@@H]([C@@H]5C[C@H]45)[C@H]3C2=O)cc1. The summed E-state index contributed by atoms with van der Waals surface area (Å²) in [5.74, 6) is -0.00257. The molecule has 0 unspecified atom stereocenters. The molecule has 5 heteroatoms. The van der Waals surface area contributed by atoms with Gasteiger partial charge in [-0.3, -0.25) is 19.8 Å². The zero-order valence-electron chi connectivity index (χ0n) is 13.3. The van der Waals surface area contributed by atoms with Crippen LogP contribution in [0.2, 0.25) is 0 Å². The number of imide groups is 1. The van der Waals surface area contributed by atoms with Crippen molar-refractivity contribution in [2.45, 2.75) is 13.3 Å². The summed E-state index contributed by atoms with van der Waals surface area (Å²) in [4.78, 5) is 38.0. The maximum Gasteiger partial charge on any atom is 0.270 e. The third-order valence-corrected chi connectivity index (χ3v) is 6.19. The molecule has 2 saturated carbocycles. The first kappa shape index (κ1) is 14.0. The number of carbonyl (C=O) groups excluding carboxylic acids is 3. The summed E-state index contributed by atoms with van der Waals surface area (Å²) in [6, 6.07) is 7.06. The molecule has 1 aromatic rings. The maximum absolute atomic E-state index is 12.8. The summed E-state index contributed by atoms with van der Waals surface area (Å²) in [6.45, 7) is 1.94. The minimum Gasteiger partial charge on any atom is -0.272 e. The number of hydrazine groups is 1. The summed E-state index contributed by atoms with van der Waals surface area (Å²) in [5, 5.41) is 0.981. The molecule has 1 aromatic carbocycles. The smallest absolute Gasteiger partial charge is 0.270 e. The molecule has 5 nitrogen and oxygen atoms in total. The lowest BCUT2D eigenvalue weighted by Gasteiger charge is -2.37. The fourth-order valence-electron chi connectivity index (χ4n) is 4.94. The van der Waals surface area contributed by atoms with Gasteiger partial charge in [0.2, 0.25) is 0 Å². The van der Waals surface area contributed by atoms with E-state index in [0.29, 0.717) is 17.4 Å². The van der Waals surface area contributed by atoms with Crippen molar-refractivity contribution in [3.05, 3.63) is 47.5 Å². The number of nitrogens with one attached hydrogen (secondary N) is 1. The molecule has 0 spiro atoms. The van der Waals surface area contributed by atoms with Crippen LogP contribution in [0.5, 0.6) is 0 Å². The van der Waals surface area contributed by atoms with Gasteiger partial charge in [-0.25, -0.2) is 0 Å². The number of benzene rings is 1. The van der Waals surface area contributed by atoms with Gasteiger partial charge >= 0.3 is 0 Å². The molecule has 3 amide bonds. The van der Waals surface area contributed by atoms with E-state index in [-0.39, 0.29) is 35.5 Å². The van der Waals surface area contributed by atoms with Crippen LogP contribution in [0.25, 0.3) is 0 Å². The quantitative estimate of drug-likeness (QED) is 0.666. The Kier molecular flexibility index (Phi) is 2.65. The lowest BCUT2D eigenvalue weighted by molar-refractivity contribution is -0.143. The average molecular weight is 322 g/mol. The Morgan fingerprint density at radius 3 is 2.08 bits per heavy atom. The molecule has 5 aliphatic rings. The Morgan fingerprint density at radius 2 is 1.54 bits per heavy atom. The first-order valence-corrected chi connectivity index (χ1v) is 8.50. The fraction of sp³-hybridized carbons (Fsp3) is 0.421. The molecule has 6 atom stereocenters. The summed E-state index contributed by atoms with van der Waals surface area (Å²) >= 11 is 0. The van der Waals surface area contributed by atoms with Crippen LogP contribution in [0.4, 0.5) is 0 Å². The minimum absolute atomic E-state index is 0.169. The summed E-state index contributed by atoms with van der Waals surface area (Å²) in [5.41, 5.74) is 4.03. The summed E-state index contributed by atoms with van der Waals surface area (Å²) in [6.07, 6.45) is 5.37. The number of aryl methyl sites for hydroxylation is 1. The number of hydrogen-bond donors (Lipinski definition) is 1. The third-order valence-electron chi connectivity index (χ3n) is 6.19. The second-order valence-electron chi connectivity index (χ2n) is 7.47. The lowest BCUT2D eigenvalue weighted by atomic mass is 9.63. The molecular formula is C19H18N2O3. The van der Waals surface area contributed by atoms with Gasteiger partial charge in [0.1, 0.15) is 0 Å². The predicted octanol–water partition coefficient (Wildman–Crippen LogP) is 1.69. The van der Waals surface area contributed by atoms with E-state index in [4.69, 9.17) is 0 Å². The van der Waals surface area contributed by atoms with E-state index in [2.05, 4.69) is 17.6 Å². The van der Waals surface area contributed by atoms with Gasteiger partial charge in [0.15, 0.2) is 0 Å². The predicted molar refractivity (Wildman–Crippen MR) is 85.2 cm³/mol. The van der Waals surface area contributed by atoms with Crippen LogP contribution in [-0.2, 0) is 9.59 Å². The van der Waals surface area contributed by atoms with Crippen LogP contribution in [0.1, 0.15) is 22.3 Å². The van der Waals surface area contributed by atoms with Gasteiger partial charge in [0, 0.05) is 5.56 Å². The van der Waals surface area contributed by atoms with Gasteiger partial charge < -0.3 is 0 Å². The molecule has 0 aromatic heterocycles. The number of rotatable bonds is 2. The van der Waals surface area contributed by atoms with E-state index in [1.807, 2.05) is 19.1 Å². The maximum atomic E-state index is 12.8. The Bertz CT molecular complexity index is 761. The summed E-state index contributed by atoms with van der Waals surface area (Å²) in [7, 11) is 0. The zero-order chi connectivity index (χ0) is 16.6. The second kappa shape index (κ2) is 4.56. The molecule has 3 fully saturated rings. The van der Waals surface area contributed by atoms with E-state index in [1.54, 1.807) is 12.1 Å². The number of hydrogen-bond acceptors (Lipinski definition) is 3. The number of carbonyl (C=O) groups is 3. The van der Waals surface area contributed by atoms with Crippen molar-refractivity contribution in [2.75, 3.05) is 0 Å². The largest absolute Gasteiger partial charge is 0.272 e. The highest BCUT2D eigenvalue weighted by atomic mass is 16.2. The van der Waals surface area contributed by atoms with Crippen molar-refractivity contribution in [1.29, 1.82) is 0 Å². The Hall–Kier alpha value is -2.43. The number of allylic oxidation sites excluding steroid dienone is 2. The molecule has 1 saturated heterocycles. The van der Waals surface area contributed by atoms with Crippen molar-refractivity contribution in [2.24, 2.45) is 35.5 Å². The highest BCUT2D eigenvalue weighted by Crippen LogP contribution is 2.65. The standard InChI is InChI=1S/C19H18N2O3/c1-9-2-4-10(5-3-9)17(22)20-21-18(23)15-11-6-7-12(14-8-13(11)14)16(15)19(21)24/h2-7,11-16H,8H2,1H3,(H,20,22)/t11-,12-,13-,14+,15+,16+/m0/s1. The molecule has 0 radical (unpaired) electrons. The van der Waals surface area contributed by atoms with Crippen molar-refractivity contribution in [3.8, 4) is 0 Å². The van der Waals surface area contributed by atoms with Crippen LogP contribution in [0.15, 0.2) is 36.4 Å². The molecular weight excluding hydrogens is 304 g/mol. The van der Waals surface area contributed by atoms with Crippen molar-refractivity contribution >= 4 is 17.7 Å². The van der Waals surface area contributed by atoms with Crippen molar-refractivity contribution < 1.29 is 14.4 Å². The van der Waals surface area contributed by atoms with Gasteiger partial charge in [-0.05, 0) is 49.1 Å². The fourth-order valence-corrected chi connectivity index (χ4v) is 4.94. The lowest BCUT2D eigenvalue weighted by Crippen LogP contribution is -2.46. The van der Waals surface area contributed by atoms with Crippen LogP contribution in [0.3, 0.4) is 0 Å². The molecule has 1 aliphatic heterocycles. The van der Waals surface area contributed by atoms with Crippen LogP contribution < -0.4 is 5.43 Å². The minimum atomic E-state index is -0.416. The van der Waals surface area contributed by atoms with Gasteiger partial charge in [0.25, 0.3) is 17.7 Å². The van der Waals surface area contributed by atoms with Crippen LogP contribution in [0, 0.1) is 42.4 Å². The molecule has 24 heavy (non-hydrogen) atoms. The van der Waals surface area contributed by atoms with Gasteiger partial charge in [-0.1, -0.05) is 29.8 Å². The summed E-state index contributed by atoms with van der Waals surface area (Å²) < 4.78 is 0. The first-order chi connectivity index (χ1) is 11.6. The number of nitrogens with zero attached hydrogens (tertiary/aromatic N) is 1. The van der Waals surface area contributed by atoms with Gasteiger partial charge in [-0.15, -0.1) is 0 Å². The van der Waals surface area contributed by atoms with Gasteiger partial charge in [0.05, 0.1) is 11.8 Å². The van der Waals surface area contributed by atoms with Crippen molar-refractivity contribution in [3.63, 3.8) is 0 Å². The molecule has 122 valence electrons. The third kappa shape index (κ3) is 1.72. The average Bonchev–Trinajstić information content (AvgIpc) is 3.36. The molecule has 2 bridgehead atoms. The molecule has 4 aliphatic carbocycles. The van der Waals surface area contributed by atoms with E-state index in [9.17, 15) is 14.4 Å². The van der Waals surface area contributed by atoms with E-state index < -0.39 is 5.91 Å². The Balaban J connectivity index is 1.40. The van der Waals surface area contributed by atoms with E-state index in [0.717, 1.165) is 17.0 Å². The molecule has 6 rings (SSSR count). The van der Waals surface area contributed by atoms with E-state index >= 15 is 0 Å². The van der Waals surface area contributed by atoms with Crippen LogP contribution >= 0.6 is 0 Å². The normalized spacial score (nSPS) is 38.1. The molecule has 1 N–H and O–H groups in total. The van der Waals surface area contributed by atoms with Crippen LogP contribution in [-0.4, -0.2) is 22.7 Å². The Morgan fingerprint density at radius 1 is 1.00 bits per heavy atom. The van der Waals surface area contributed by atoms with E-state index in [1.165, 1.54) is 0 Å². The number of amides is 3. The molecule has 1 heterocycles. The highest BCUT2D eigenvalue weighted by molar-refractivity contribution is 6.08. The first-order valence-electron chi connectivity index (χ1n) is 8.50. The Labute approximate surface area is 139 Å². The van der Waals surface area contributed by atoms with Crippen molar-refractivity contribution in [1.82, 2.24) is 10.4 Å². The monoisotopic (exact) mass is 322 g/mol. The van der Waals surface area contributed by atoms with Gasteiger partial charge in [-0.2, -0.15) is 5.01 Å². The second-order valence-corrected chi connectivity index (χ2v) is 7.47. The zero-order valence-corrected chi connectivity index (χ0v) is 13.3.